The van der Waals surface area contributed by atoms with E-state index >= 15 is 0 Å². The predicted molar refractivity (Wildman–Crippen MR) is 67.5 cm³/mol. The number of hydrogen-bond acceptors (Lipinski definition) is 5. The summed E-state index contributed by atoms with van der Waals surface area (Å²) in [5.74, 6) is -1.25. The van der Waals surface area contributed by atoms with Gasteiger partial charge in [0.15, 0.2) is 0 Å². The maximum absolute atomic E-state index is 11.8. The lowest BCUT2D eigenvalue weighted by atomic mass is 10.1. The lowest BCUT2D eigenvalue weighted by Gasteiger charge is -2.06. The van der Waals surface area contributed by atoms with E-state index in [2.05, 4.69) is 10.3 Å². The van der Waals surface area contributed by atoms with Crippen LogP contribution in [0.5, 0.6) is 0 Å². The second-order valence-corrected chi connectivity index (χ2v) is 3.84. The van der Waals surface area contributed by atoms with Gasteiger partial charge in [-0.3, -0.25) is 30.0 Å². The summed E-state index contributed by atoms with van der Waals surface area (Å²) in [6.45, 7) is 4.76. The minimum atomic E-state index is -0.708. The van der Waals surface area contributed by atoms with E-state index in [4.69, 9.17) is 0 Å². The van der Waals surface area contributed by atoms with Crippen LogP contribution in [-0.2, 0) is 4.79 Å². The molecule has 0 bridgehead atoms. The minimum absolute atomic E-state index is 0.00598. The SMILES string of the molecule is C/C=C(\C)C(=O)NC(=O)c1cc([N+](=O)[O-])cnc1C. The molecule has 19 heavy (non-hydrogen) atoms. The average Bonchev–Trinajstić information content (AvgIpc) is 2.37. The zero-order valence-corrected chi connectivity index (χ0v) is 10.8. The number of imide groups is 1. The molecule has 0 atom stereocenters. The molecule has 0 aromatic carbocycles. The Labute approximate surface area is 109 Å². The van der Waals surface area contributed by atoms with Gasteiger partial charge in [0.1, 0.15) is 6.20 Å². The van der Waals surface area contributed by atoms with Crippen LogP contribution >= 0.6 is 0 Å². The van der Waals surface area contributed by atoms with Crippen molar-refractivity contribution in [1.29, 1.82) is 0 Å². The number of aryl methyl sites for hydroxylation is 1. The van der Waals surface area contributed by atoms with Crippen LogP contribution in [0.25, 0.3) is 0 Å². The predicted octanol–water partition coefficient (Wildman–Crippen LogP) is 1.52. The molecular weight excluding hydrogens is 250 g/mol. The van der Waals surface area contributed by atoms with Gasteiger partial charge in [-0.15, -0.1) is 0 Å². The van der Waals surface area contributed by atoms with Crippen LogP contribution < -0.4 is 5.32 Å². The highest BCUT2D eigenvalue weighted by Crippen LogP contribution is 2.14. The first-order valence-electron chi connectivity index (χ1n) is 5.46. The molecule has 0 spiro atoms. The van der Waals surface area contributed by atoms with Gasteiger partial charge in [0.2, 0.25) is 0 Å². The van der Waals surface area contributed by atoms with Gasteiger partial charge in [0.05, 0.1) is 16.2 Å². The van der Waals surface area contributed by atoms with Crippen molar-refractivity contribution in [3.8, 4) is 0 Å². The van der Waals surface area contributed by atoms with E-state index in [1.807, 2.05) is 0 Å². The van der Waals surface area contributed by atoms with Crippen LogP contribution in [0.4, 0.5) is 5.69 Å². The Morgan fingerprint density at radius 1 is 1.47 bits per heavy atom. The standard InChI is InChI=1S/C12H13N3O4/c1-4-7(2)11(16)14-12(17)10-5-9(15(18)19)6-13-8(10)3/h4-6H,1-3H3,(H,14,16,17)/b7-4+. The molecule has 1 aromatic rings. The molecule has 7 heteroatoms. The highest BCUT2D eigenvalue weighted by molar-refractivity contribution is 6.10. The number of nitro groups is 1. The number of carbonyl (C=O) groups excluding carboxylic acids is 2. The Hall–Kier alpha value is -2.57. The lowest BCUT2D eigenvalue weighted by Crippen LogP contribution is -2.31. The monoisotopic (exact) mass is 263 g/mol. The van der Waals surface area contributed by atoms with Gasteiger partial charge in [-0.25, -0.2) is 0 Å². The Bertz CT molecular complexity index is 578. The molecule has 1 rings (SSSR count). The van der Waals surface area contributed by atoms with Crippen molar-refractivity contribution in [3.05, 3.63) is 45.3 Å². The zero-order valence-electron chi connectivity index (χ0n) is 10.8. The van der Waals surface area contributed by atoms with Gasteiger partial charge in [-0.2, -0.15) is 0 Å². The van der Waals surface area contributed by atoms with Crippen molar-refractivity contribution in [1.82, 2.24) is 10.3 Å². The highest BCUT2D eigenvalue weighted by atomic mass is 16.6. The molecular formula is C12H13N3O4. The number of nitrogens with zero attached hydrogens (tertiary/aromatic N) is 2. The van der Waals surface area contributed by atoms with Gasteiger partial charge in [-0.1, -0.05) is 6.08 Å². The molecule has 1 heterocycles. The zero-order chi connectivity index (χ0) is 14.6. The van der Waals surface area contributed by atoms with E-state index in [9.17, 15) is 19.7 Å². The number of hydrogen-bond donors (Lipinski definition) is 1. The molecule has 0 aliphatic heterocycles. The van der Waals surface area contributed by atoms with Gasteiger partial charge in [-0.05, 0) is 20.8 Å². The molecule has 0 aliphatic carbocycles. The summed E-state index contributed by atoms with van der Waals surface area (Å²) >= 11 is 0. The number of allylic oxidation sites excluding steroid dienone is 1. The van der Waals surface area contributed by atoms with E-state index in [0.29, 0.717) is 11.3 Å². The summed E-state index contributed by atoms with van der Waals surface area (Å²) in [6, 6.07) is 1.09. The molecule has 1 aromatic heterocycles. The summed E-state index contributed by atoms with van der Waals surface area (Å²) in [5, 5.41) is 12.8. The minimum Gasteiger partial charge on any atom is -0.288 e. The summed E-state index contributed by atoms with van der Waals surface area (Å²) in [7, 11) is 0. The number of amides is 2. The topological polar surface area (TPSA) is 102 Å². The molecule has 0 saturated heterocycles. The maximum Gasteiger partial charge on any atom is 0.288 e. The van der Waals surface area contributed by atoms with E-state index in [-0.39, 0.29) is 11.3 Å². The summed E-state index contributed by atoms with van der Waals surface area (Å²) in [4.78, 5) is 37.1. The number of nitrogens with one attached hydrogen (secondary N) is 1. The third-order valence-corrected chi connectivity index (χ3v) is 2.55. The van der Waals surface area contributed by atoms with Crippen LogP contribution in [0.1, 0.15) is 29.9 Å². The summed E-state index contributed by atoms with van der Waals surface area (Å²) < 4.78 is 0. The lowest BCUT2D eigenvalue weighted by molar-refractivity contribution is -0.385. The van der Waals surface area contributed by atoms with Crippen molar-refractivity contribution in [2.75, 3.05) is 0 Å². The van der Waals surface area contributed by atoms with Crippen molar-refractivity contribution >= 4 is 17.5 Å². The van der Waals surface area contributed by atoms with Crippen LogP contribution in [0.15, 0.2) is 23.9 Å². The van der Waals surface area contributed by atoms with Crippen LogP contribution in [0, 0.1) is 17.0 Å². The Kier molecular flexibility index (Phi) is 4.46. The van der Waals surface area contributed by atoms with E-state index in [1.165, 1.54) is 6.92 Å². The average molecular weight is 263 g/mol. The fourth-order valence-electron chi connectivity index (χ4n) is 1.25. The van der Waals surface area contributed by atoms with E-state index in [1.54, 1.807) is 19.9 Å². The van der Waals surface area contributed by atoms with Crippen molar-refractivity contribution < 1.29 is 14.5 Å². The summed E-state index contributed by atoms with van der Waals surface area (Å²) in [6.07, 6.45) is 2.62. The Morgan fingerprint density at radius 3 is 2.63 bits per heavy atom. The Morgan fingerprint density at radius 2 is 2.11 bits per heavy atom. The van der Waals surface area contributed by atoms with Crippen LogP contribution in [-0.4, -0.2) is 21.7 Å². The quantitative estimate of drug-likeness (QED) is 0.506. The highest BCUT2D eigenvalue weighted by Gasteiger charge is 2.18. The molecule has 0 radical (unpaired) electrons. The smallest absolute Gasteiger partial charge is 0.288 e. The number of aromatic nitrogens is 1. The first-order valence-corrected chi connectivity index (χ1v) is 5.46. The van der Waals surface area contributed by atoms with Gasteiger partial charge < -0.3 is 0 Å². The second-order valence-electron chi connectivity index (χ2n) is 3.84. The van der Waals surface area contributed by atoms with Gasteiger partial charge >= 0.3 is 0 Å². The van der Waals surface area contributed by atoms with Crippen molar-refractivity contribution in [3.63, 3.8) is 0 Å². The Balaban J connectivity index is 3.03. The molecule has 0 saturated carbocycles. The third-order valence-electron chi connectivity index (χ3n) is 2.55. The fraction of sp³-hybridized carbons (Fsp3) is 0.250. The van der Waals surface area contributed by atoms with Crippen molar-refractivity contribution in [2.45, 2.75) is 20.8 Å². The molecule has 0 fully saturated rings. The van der Waals surface area contributed by atoms with Crippen LogP contribution in [0.3, 0.4) is 0 Å². The number of rotatable bonds is 3. The second kappa shape index (κ2) is 5.85. The molecule has 100 valence electrons. The number of pyridine rings is 1. The fourth-order valence-corrected chi connectivity index (χ4v) is 1.25. The summed E-state index contributed by atoms with van der Waals surface area (Å²) in [5.41, 5.74) is 0.399. The molecule has 7 nitrogen and oxygen atoms in total. The van der Waals surface area contributed by atoms with Crippen LogP contribution in [0.2, 0.25) is 0 Å². The molecule has 2 amide bonds. The maximum atomic E-state index is 11.8. The molecule has 1 N–H and O–H groups in total. The van der Waals surface area contributed by atoms with E-state index < -0.39 is 16.7 Å². The first kappa shape index (κ1) is 14.5. The molecule has 0 aliphatic rings. The molecule has 0 unspecified atom stereocenters. The van der Waals surface area contributed by atoms with E-state index in [0.717, 1.165) is 12.3 Å². The first-order chi connectivity index (χ1) is 8.86. The third kappa shape index (κ3) is 3.44. The normalized spacial score (nSPS) is 11.0. The largest absolute Gasteiger partial charge is 0.288 e. The van der Waals surface area contributed by atoms with Crippen molar-refractivity contribution in [2.24, 2.45) is 0 Å². The van der Waals surface area contributed by atoms with Gasteiger partial charge in [0.25, 0.3) is 17.5 Å². The number of carbonyl (C=O) groups is 2. The van der Waals surface area contributed by atoms with Gasteiger partial charge in [0, 0.05) is 11.6 Å².